The summed E-state index contributed by atoms with van der Waals surface area (Å²) in [6, 6.07) is 9.76. The van der Waals surface area contributed by atoms with Gasteiger partial charge in [0.1, 0.15) is 0 Å². The molecule has 1 amide bonds. The molecule has 1 aliphatic heterocycles. The van der Waals surface area contributed by atoms with Crippen molar-refractivity contribution in [2.75, 3.05) is 11.4 Å². The zero-order valence-corrected chi connectivity index (χ0v) is 14.8. The molecule has 3 heterocycles. The normalized spacial score (nSPS) is 26.1. The number of hydrogen-bond acceptors (Lipinski definition) is 5. The molecule has 3 atom stereocenters. The molecule has 1 saturated heterocycles. The van der Waals surface area contributed by atoms with E-state index in [1.807, 2.05) is 35.2 Å². The van der Waals surface area contributed by atoms with Gasteiger partial charge in [0.05, 0.1) is 0 Å². The Bertz CT molecular complexity index is 1020. The van der Waals surface area contributed by atoms with Crippen molar-refractivity contribution in [1.82, 2.24) is 20.3 Å². The first kappa shape index (κ1) is 15.1. The number of benzene rings is 1. The maximum Gasteiger partial charge on any atom is 0.278 e. The summed E-state index contributed by atoms with van der Waals surface area (Å²) in [5.74, 6) is 2.81. The molecule has 27 heavy (non-hydrogen) atoms. The molecule has 136 valence electrons. The Hall–Kier alpha value is -2.96. The number of anilines is 1. The van der Waals surface area contributed by atoms with Gasteiger partial charge in [-0.2, -0.15) is 10.1 Å². The molecule has 2 aromatic heterocycles. The van der Waals surface area contributed by atoms with Gasteiger partial charge in [0.2, 0.25) is 5.91 Å². The lowest BCUT2D eigenvalue weighted by molar-refractivity contribution is -0.119. The summed E-state index contributed by atoms with van der Waals surface area (Å²) in [5, 5.41) is 11.8. The predicted molar refractivity (Wildman–Crippen MR) is 97.2 cm³/mol. The summed E-state index contributed by atoms with van der Waals surface area (Å²) in [6.07, 6.45) is 3.56. The molecular formula is C20H19N5O2. The van der Waals surface area contributed by atoms with Crippen LogP contribution in [0.3, 0.4) is 0 Å². The molecular weight excluding hydrogens is 342 g/mol. The van der Waals surface area contributed by atoms with Crippen molar-refractivity contribution in [1.29, 1.82) is 0 Å². The fourth-order valence-corrected chi connectivity index (χ4v) is 4.57. The monoisotopic (exact) mass is 361 g/mol. The van der Waals surface area contributed by atoms with E-state index >= 15 is 0 Å². The number of carbonyl (C=O) groups is 1. The fraction of sp³-hybridized carbons (Fsp3) is 0.400. The lowest BCUT2D eigenvalue weighted by atomic mass is 9.96. The number of hydrogen-bond donors (Lipinski definition) is 1. The number of para-hydroxylation sites is 1. The van der Waals surface area contributed by atoms with Crippen LogP contribution in [-0.4, -0.2) is 32.8 Å². The average molecular weight is 361 g/mol. The van der Waals surface area contributed by atoms with Crippen molar-refractivity contribution in [2.24, 2.45) is 5.92 Å². The summed E-state index contributed by atoms with van der Waals surface area (Å²) in [4.78, 5) is 18.8. The van der Waals surface area contributed by atoms with E-state index < -0.39 is 0 Å². The van der Waals surface area contributed by atoms with Crippen LogP contribution in [0.25, 0.3) is 11.6 Å². The zero-order chi connectivity index (χ0) is 18.0. The smallest absolute Gasteiger partial charge is 0.278 e. The molecule has 7 heteroatoms. The molecule has 1 N–H and O–H groups in total. The number of fused-ring (bicyclic) bond motifs is 3. The zero-order valence-electron chi connectivity index (χ0n) is 14.8. The molecule has 0 bridgehead atoms. The Morgan fingerprint density at radius 1 is 1.22 bits per heavy atom. The largest absolute Gasteiger partial charge is 0.332 e. The minimum atomic E-state index is 0.0702. The van der Waals surface area contributed by atoms with E-state index in [-0.39, 0.29) is 11.8 Å². The first-order valence-electron chi connectivity index (χ1n) is 9.54. The molecule has 0 radical (unpaired) electrons. The van der Waals surface area contributed by atoms with E-state index in [2.05, 4.69) is 20.3 Å². The summed E-state index contributed by atoms with van der Waals surface area (Å²) in [6.45, 7) is 0.574. The number of H-pyrrole nitrogens is 1. The lowest BCUT2D eigenvalue weighted by Crippen LogP contribution is -2.39. The SMILES string of the molecule is O=C1CCC(c2noc(-c3n[nH]c4c3C[C@H]3C[C@@H]43)n2)CN1c1ccccc1. The van der Waals surface area contributed by atoms with Crippen molar-refractivity contribution < 1.29 is 9.32 Å². The van der Waals surface area contributed by atoms with Gasteiger partial charge < -0.3 is 9.42 Å². The van der Waals surface area contributed by atoms with E-state index in [0.717, 1.165) is 30.1 Å². The van der Waals surface area contributed by atoms with Crippen molar-refractivity contribution in [3.8, 4) is 11.6 Å². The maximum atomic E-state index is 12.4. The number of nitrogens with zero attached hydrogens (tertiary/aromatic N) is 4. The van der Waals surface area contributed by atoms with Gasteiger partial charge in [0.25, 0.3) is 5.89 Å². The molecule has 3 aromatic rings. The predicted octanol–water partition coefficient (Wildman–Crippen LogP) is 3.03. The van der Waals surface area contributed by atoms with Gasteiger partial charge in [-0.3, -0.25) is 9.89 Å². The van der Waals surface area contributed by atoms with Crippen LogP contribution in [0.1, 0.15) is 48.2 Å². The van der Waals surface area contributed by atoms with Crippen LogP contribution >= 0.6 is 0 Å². The highest BCUT2D eigenvalue weighted by molar-refractivity contribution is 5.94. The molecule has 2 fully saturated rings. The van der Waals surface area contributed by atoms with Crippen LogP contribution in [0.5, 0.6) is 0 Å². The third kappa shape index (κ3) is 2.34. The van der Waals surface area contributed by atoms with E-state index in [1.165, 1.54) is 17.7 Å². The minimum absolute atomic E-state index is 0.0702. The number of carbonyl (C=O) groups excluding carboxylic acids is 1. The standard InChI is InChI=1S/C20H19N5O2/c26-16-7-6-11(10-25(16)13-4-2-1-3-5-13)19-21-20(27-24-19)18-15-9-12-8-14(12)17(15)22-23-18/h1-5,11-12,14H,6-10H2,(H,22,23)/t11?,12-,14-/m1/s1. The topological polar surface area (TPSA) is 87.9 Å². The van der Waals surface area contributed by atoms with Gasteiger partial charge in [0.15, 0.2) is 11.5 Å². The lowest BCUT2D eigenvalue weighted by Gasteiger charge is -2.31. The summed E-state index contributed by atoms with van der Waals surface area (Å²) < 4.78 is 5.56. The molecule has 7 nitrogen and oxygen atoms in total. The number of amides is 1. The van der Waals surface area contributed by atoms with E-state index in [4.69, 9.17) is 4.52 Å². The van der Waals surface area contributed by atoms with E-state index in [0.29, 0.717) is 30.6 Å². The van der Waals surface area contributed by atoms with Crippen LogP contribution in [0.4, 0.5) is 5.69 Å². The van der Waals surface area contributed by atoms with Crippen molar-refractivity contribution in [3.05, 3.63) is 47.4 Å². The second-order valence-corrected chi connectivity index (χ2v) is 7.80. The van der Waals surface area contributed by atoms with Gasteiger partial charge in [-0.25, -0.2) is 0 Å². The van der Waals surface area contributed by atoms with Crippen molar-refractivity contribution >= 4 is 11.6 Å². The molecule has 6 rings (SSSR count). The Kier molecular flexibility index (Phi) is 3.09. The number of aromatic nitrogens is 4. The van der Waals surface area contributed by atoms with Crippen LogP contribution in [0.15, 0.2) is 34.9 Å². The highest BCUT2D eigenvalue weighted by atomic mass is 16.5. The first-order chi connectivity index (χ1) is 13.3. The van der Waals surface area contributed by atoms with Gasteiger partial charge in [-0.1, -0.05) is 23.4 Å². The minimum Gasteiger partial charge on any atom is -0.332 e. The summed E-state index contributed by atoms with van der Waals surface area (Å²) in [5.41, 5.74) is 4.23. The van der Waals surface area contributed by atoms with E-state index in [1.54, 1.807) is 0 Å². The van der Waals surface area contributed by atoms with Gasteiger partial charge >= 0.3 is 0 Å². The Balaban J connectivity index is 1.27. The van der Waals surface area contributed by atoms with Crippen molar-refractivity contribution in [2.45, 2.75) is 37.5 Å². The highest BCUT2D eigenvalue weighted by Crippen LogP contribution is 2.56. The van der Waals surface area contributed by atoms with Crippen LogP contribution in [-0.2, 0) is 11.2 Å². The molecule has 1 saturated carbocycles. The van der Waals surface area contributed by atoms with Gasteiger partial charge in [-0.15, -0.1) is 0 Å². The molecule has 3 aliphatic rings. The number of nitrogens with one attached hydrogen (secondary N) is 1. The summed E-state index contributed by atoms with van der Waals surface area (Å²) in [7, 11) is 0. The van der Waals surface area contributed by atoms with E-state index in [9.17, 15) is 4.79 Å². The average Bonchev–Trinajstić information content (AvgIpc) is 3.04. The fourth-order valence-electron chi connectivity index (χ4n) is 4.57. The number of rotatable bonds is 3. The molecule has 1 unspecified atom stereocenters. The third-order valence-electron chi connectivity index (χ3n) is 6.15. The van der Waals surface area contributed by atoms with Crippen molar-refractivity contribution in [3.63, 3.8) is 0 Å². The highest BCUT2D eigenvalue weighted by Gasteiger charge is 2.48. The Morgan fingerprint density at radius 3 is 3.00 bits per heavy atom. The third-order valence-corrected chi connectivity index (χ3v) is 6.15. The summed E-state index contributed by atoms with van der Waals surface area (Å²) >= 11 is 0. The number of aromatic amines is 1. The van der Waals surface area contributed by atoms with Crippen LogP contribution in [0, 0.1) is 5.92 Å². The molecule has 0 spiro atoms. The second-order valence-electron chi connectivity index (χ2n) is 7.80. The second kappa shape index (κ2) is 5.52. The van der Waals surface area contributed by atoms with Gasteiger partial charge in [-0.05, 0) is 37.3 Å². The quantitative estimate of drug-likeness (QED) is 0.775. The van der Waals surface area contributed by atoms with Crippen LogP contribution < -0.4 is 4.90 Å². The Labute approximate surface area is 155 Å². The van der Waals surface area contributed by atoms with Crippen LogP contribution in [0.2, 0.25) is 0 Å². The Morgan fingerprint density at radius 2 is 2.11 bits per heavy atom. The van der Waals surface area contributed by atoms with Gasteiger partial charge in [0, 0.05) is 41.7 Å². The molecule has 1 aromatic carbocycles. The first-order valence-corrected chi connectivity index (χ1v) is 9.54. The number of piperidine rings is 1. The molecule has 2 aliphatic carbocycles. The maximum absolute atomic E-state index is 12.4.